The third-order valence-corrected chi connectivity index (χ3v) is 3.32. The van der Waals surface area contributed by atoms with Gasteiger partial charge in [-0.25, -0.2) is 0 Å². The highest BCUT2D eigenvalue weighted by atomic mass is 16.1. The van der Waals surface area contributed by atoms with Gasteiger partial charge in [-0.3, -0.25) is 4.79 Å². The van der Waals surface area contributed by atoms with Gasteiger partial charge in [-0.05, 0) is 45.6 Å². The highest BCUT2D eigenvalue weighted by Crippen LogP contribution is 2.13. The largest absolute Gasteiger partial charge is 0.303 e. The van der Waals surface area contributed by atoms with Crippen LogP contribution in [0, 0.1) is 5.92 Å². The van der Waals surface area contributed by atoms with Gasteiger partial charge in [0.05, 0.1) is 6.04 Å². The van der Waals surface area contributed by atoms with Gasteiger partial charge in [0, 0.05) is 11.5 Å². The molecule has 0 fully saturated rings. The van der Waals surface area contributed by atoms with Gasteiger partial charge in [-0.1, -0.05) is 44.2 Å². The van der Waals surface area contributed by atoms with Crippen molar-refractivity contribution in [1.29, 1.82) is 0 Å². The van der Waals surface area contributed by atoms with Gasteiger partial charge in [0.25, 0.3) is 0 Å². The Kier molecular flexibility index (Phi) is 6.41. The second kappa shape index (κ2) is 7.58. The number of carbonyl (C=O) groups is 1. The topological polar surface area (TPSA) is 29.1 Å². The van der Waals surface area contributed by atoms with Crippen LogP contribution in [-0.2, 0) is 11.2 Å². The lowest BCUT2D eigenvalue weighted by molar-refractivity contribution is -0.124. The average Bonchev–Trinajstić information content (AvgIpc) is 2.36. The van der Waals surface area contributed by atoms with Crippen LogP contribution in [0.5, 0.6) is 0 Å². The van der Waals surface area contributed by atoms with Crippen molar-refractivity contribution >= 4 is 5.78 Å². The van der Waals surface area contributed by atoms with E-state index in [1.165, 1.54) is 5.56 Å². The van der Waals surface area contributed by atoms with Crippen molar-refractivity contribution in [2.24, 2.45) is 5.92 Å². The smallest absolute Gasteiger partial charge is 0.152 e. The molecule has 2 nitrogen and oxygen atoms in total. The first-order valence-electron chi connectivity index (χ1n) is 7.65. The summed E-state index contributed by atoms with van der Waals surface area (Å²) >= 11 is 0. The SMILES string of the molecule is CC(C)C(=O)C(CCCc1ccccc1)NC(C)(C)C. The first kappa shape index (κ1) is 16.9. The van der Waals surface area contributed by atoms with Crippen LogP contribution in [0.15, 0.2) is 30.3 Å². The van der Waals surface area contributed by atoms with Crippen molar-refractivity contribution < 1.29 is 4.79 Å². The second-order valence-corrected chi connectivity index (χ2v) is 6.88. The molecule has 0 aliphatic carbocycles. The molecular formula is C18H29NO. The zero-order chi connectivity index (χ0) is 15.2. The van der Waals surface area contributed by atoms with Crippen LogP contribution in [0.1, 0.15) is 53.0 Å². The molecule has 1 rings (SSSR count). The van der Waals surface area contributed by atoms with Crippen LogP contribution < -0.4 is 5.32 Å². The molecule has 0 bridgehead atoms. The van der Waals surface area contributed by atoms with E-state index in [0.717, 1.165) is 19.3 Å². The van der Waals surface area contributed by atoms with Crippen LogP contribution in [0.2, 0.25) is 0 Å². The fraction of sp³-hybridized carbons (Fsp3) is 0.611. The van der Waals surface area contributed by atoms with Crippen molar-refractivity contribution in [2.45, 2.75) is 65.5 Å². The van der Waals surface area contributed by atoms with E-state index in [0.29, 0.717) is 5.78 Å². The van der Waals surface area contributed by atoms with E-state index in [1.807, 2.05) is 19.9 Å². The molecule has 1 N–H and O–H groups in total. The number of benzene rings is 1. The summed E-state index contributed by atoms with van der Waals surface area (Å²) in [5, 5.41) is 3.47. The van der Waals surface area contributed by atoms with Crippen LogP contribution in [-0.4, -0.2) is 17.4 Å². The van der Waals surface area contributed by atoms with E-state index in [-0.39, 0.29) is 17.5 Å². The normalized spacial score (nSPS) is 13.5. The molecule has 1 aromatic rings. The summed E-state index contributed by atoms with van der Waals surface area (Å²) in [5.41, 5.74) is 1.32. The third-order valence-electron chi connectivity index (χ3n) is 3.32. The molecule has 1 aromatic carbocycles. The summed E-state index contributed by atoms with van der Waals surface area (Å²) < 4.78 is 0. The van der Waals surface area contributed by atoms with Gasteiger partial charge in [-0.2, -0.15) is 0 Å². The lowest BCUT2D eigenvalue weighted by atomic mass is 9.93. The number of aryl methyl sites for hydroxylation is 1. The molecule has 0 radical (unpaired) electrons. The summed E-state index contributed by atoms with van der Waals surface area (Å²) in [7, 11) is 0. The van der Waals surface area contributed by atoms with E-state index in [4.69, 9.17) is 0 Å². The van der Waals surface area contributed by atoms with Gasteiger partial charge in [0.2, 0.25) is 0 Å². The number of ketones is 1. The summed E-state index contributed by atoms with van der Waals surface area (Å²) in [6.07, 6.45) is 2.98. The number of hydrogen-bond acceptors (Lipinski definition) is 2. The molecule has 112 valence electrons. The Morgan fingerprint density at radius 2 is 1.75 bits per heavy atom. The quantitative estimate of drug-likeness (QED) is 0.815. The highest BCUT2D eigenvalue weighted by Gasteiger charge is 2.24. The summed E-state index contributed by atoms with van der Waals surface area (Å²) in [6.45, 7) is 10.3. The Hall–Kier alpha value is -1.15. The molecule has 1 atom stereocenters. The number of Topliss-reactive ketones (excluding diaryl/α,β-unsaturated/α-hetero) is 1. The number of hydrogen-bond donors (Lipinski definition) is 1. The maximum atomic E-state index is 12.3. The molecule has 0 saturated heterocycles. The molecule has 0 spiro atoms. The van der Waals surface area contributed by atoms with E-state index >= 15 is 0 Å². The van der Waals surface area contributed by atoms with Gasteiger partial charge < -0.3 is 5.32 Å². The van der Waals surface area contributed by atoms with Gasteiger partial charge >= 0.3 is 0 Å². The second-order valence-electron chi connectivity index (χ2n) is 6.88. The van der Waals surface area contributed by atoms with Gasteiger partial charge in [0.15, 0.2) is 5.78 Å². The van der Waals surface area contributed by atoms with Crippen molar-refractivity contribution in [3.8, 4) is 0 Å². The van der Waals surface area contributed by atoms with E-state index in [1.54, 1.807) is 0 Å². The van der Waals surface area contributed by atoms with Crippen LogP contribution >= 0.6 is 0 Å². The van der Waals surface area contributed by atoms with Crippen LogP contribution in [0.25, 0.3) is 0 Å². The van der Waals surface area contributed by atoms with Gasteiger partial charge in [0.1, 0.15) is 0 Å². The maximum Gasteiger partial charge on any atom is 0.152 e. The minimum Gasteiger partial charge on any atom is -0.303 e. The Labute approximate surface area is 124 Å². The van der Waals surface area contributed by atoms with Crippen molar-refractivity contribution in [3.63, 3.8) is 0 Å². The molecule has 0 heterocycles. The molecule has 20 heavy (non-hydrogen) atoms. The lowest BCUT2D eigenvalue weighted by Gasteiger charge is -2.29. The van der Waals surface area contributed by atoms with Crippen molar-refractivity contribution in [2.75, 3.05) is 0 Å². The fourth-order valence-electron chi connectivity index (χ4n) is 2.37. The molecular weight excluding hydrogens is 246 g/mol. The van der Waals surface area contributed by atoms with E-state index in [9.17, 15) is 4.79 Å². The minimum atomic E-state index is -0.0290. The molecule has 2 heteroatoms. The van der Waals surface area contributed by atoms with E-state index < -0.39 is 0 Å². The molecule has 0 saturated carbocycles. The molecule has 0 aromatic heterocycles. The highest BCUT2D eigenvalue weighted by molar-refractivity contribution is 5.85. The zero-order valence-electron chi connectivity index (χ0n) is 13.6. The Morgan fingerprint density at radius 1 is 1.15 bits per heavy atom. The average molecular weight is 275 g/mol. The summed E-state index contributed by atoms with van der Waals surface area (Å²) in [6, 6.07) is 10.4. The monoisotopic (exact) mass is 275 g/mol. The maximum absolute atomic E-state index is 12.3. The number of rotatable bonds is 7. The summed E-state index contributed by atoms with van der Waals surface area (Å²) in [4.78, 5) is 12.3. The predicted molar refractivity (Wildman–Crippen MR) is 85.9 cm³/mol. The predicted octanol–water partition coefficient (Wildman–Crippen LogP) is 3.99. The molecule has 0 aliphatic heterocycles. The van der Waals surface area contributed by atoms with Crippen molar-refractivity contribution in [3.05, 3.63) is 35.9 Å². The third kappa shape index (κ3) is 6.33. The standard InChI is InChI=1S/C18H29NO/c1-14(2)17(20)16(19-18(3,4)5)13-9-12-15-10-7-6-8-11-15/h6-8,10-11,14,16,19H,9,12-13H2,1-5H3. The van der Waals surface area contributed by atoms with Gasteiger partial charge in [-0.15, -0.1) is 0 Å². The first-order chi connectivity index (χ1) is 9.29. The number of nitrogens with one attached hydrogen (secondary N) is 1. The van der Waals surface area contributed by atoms with Crippen LogP contribution in [0.4, 0.5) is 0 Å². The Morgan fingerprint density at radius 3 is 2.25 bits per heavy atom. The molecule has 0 aliphatic rings. The molecule has 0 amide bonds. The van der Waals surface area contributed by atoms with E-state index in [2.05, 4.69) is 50.4 Å². The van der Waals surface area contributed by atoms with Crippen LogP contribution in [0.3, 0.4) is 0 Å². The summed E-state index contributed by atoms with van der Waals surface area (Å²) in [5.74, 6) is 0.416. The first-order valence-corrected chi connectivity index (χ1v) is 7.65. The molecule has 1 unspecified atom stereocenters. The lowest BCUT2D eigenvalue weighted by Crippen LogP contribution is -2.48. The van der Waals surface area contributed by atoms with Crippen molar-refractivity contribution in [1.82, 2.24) is 5.32 Å². The fourth-order valence-corrected chi connectivity index (χ4v) is 2.37. The Bertz CT molecular complexity index is 403. The zero-order valence-corrected chi connectivity index (χ0v) is 13.6. The Balaban J connectivity index is 2.54. The number of carbonyl (C=O) groups excluding carboxylic acids is 1. The minimum absolute atomic E-state index is 0.0258.